The van der Waals surface area contributed by atoms with E-state index >= 15 is 0 Å². The molecule has 3 nitrogen and oxygen atoms in total. The van der Waals surface area contributed by atoms with Crippen LogP contribution in [0.2, 0.25) is 0 Å². The standard InChI is InChI=1S/C13H18INO2/c1-3-9(2)12(16)8-15-13(17)10-6-4-5-7-11(10)14/h4-7,9,12,16H,3,8H2,1-2H3,(H,15,17). The summed E-state index contributed by atoms with van der Waals surface area (Å²) < 4.78 is 0.917. The maximum atomic E-state index is 11.9. The number of hydrogen-bond donors (Lipinski definition) is 2. The number of nitrogens with one attached hydrogen (secondary N) is 1. The van der Waals surface area contributed by atoms with Crippen molar-refractivity contribution < 1.29 is 9.90 Å². The fraction of sp³-hybridized carbons (Fsp3) is 0.462. The minimum absolute atomic E-state index is 0.127. The van der Waals surface area contributed by atoms with Gasteiger partial charge in [-0.25, -0.2) is 0 Å². The predicted octanol–water partition coefficient (Wildman–Crippen LogP) is 2.43. The summed E-state index contributed by atoms with van der Waals surface area (Å²) in [5.74, 6) is 0.0718. The third-order valence-electron chi connectivity index (χ3n) is 2.89. The minimum Gasteiger partial charge on any atom is -0.391 e. The number of amides is 1. The van der Waals surface area contributed by atoms with E-state index in [1.165, 1.54) is 0 Å². The van der Waals surface area contributed by atoms with Crippen LogP contribution in [0.1, 0.15) is 30.6 Å². The number of aliphatic hydroxyl groups is 1. The van der Waals surface area contributed by atoms with Crippen LogP contribution in [0.3, 0.4) is 0 Å². The molecule has 0 heterocycles. The van der Waals surface area contributed by atoms with E-state index in [9.17, 15) is 9.90 Å². The van der Waals surface area contributed by atoms with Crippen LogP contribution in [0.5, 0.6) is 0 Å². The van der Waals surface area contributed by atoms with Crippen LogP contribution < -0.4 is 5.32 Å². The van der Waals surface area contributed by atoms with E-state index in [1.54, 1.807) is 6.07 Å². The van der Waals surface area contributed by atoms with Crippen LogP contribution in [0.15, 0.2) is 24.3 Å². The number of rotatable bonds is 5. The van der Waals surface area contributed by atoms with Gasteiger partial charge in [-0.1, -0.05) is 32.4 Å². The van der Waals surface area contributed by atoms with Gasteiger partial charge in [0, 0.05) is 10.1 Å². The molecule has 17 heavy (non-hydrogen) atoms. The van der Waals surface area contributed by atoms with Crippen molar-refractivity contribution in [2.75, 3.05) is 6.54 Å². The van der Waals surface area contributed by atoms with Gasteiger partial charge >= 0.3 is 0 Å². The lowest BCUT2D eigenvalue weighted by Crippen LogP contribution is -2.35. The molecule has 0 radical (unpaired) electrons. The predicted molar refractivity (Wildman–Crippen MR) is 77.0 cm³/mol. The summed E-state index contributed by atoms with van der Waals surface area (Å²) in [6.07, 6.45) is 0.422. The number of carbonyl (C=O) groups is 1. The van der Waals surface area contributed by atoms with Crippen molar-refractivity contribution in [3.63, 3.8) is 0 Å². The zero-order valence-corrected chi connectivity index (χ0v) is 12.3. The Morgan fingerprint density at radius 3 is 2.71 bits per heavy atom. The number of carbonyl (C=O) groups excluding carboxylic acids is 1. The monoisotopic (exact) mass is 347 g/mol. The molecule has 2 unspecified atom stereocenters. The van der Waals surface area contributed by atoms with Gasteiger partial charge in [-0.05, 0) is 40.6 Å². The van der Waals surface area contributed by atoms with E-state index in [1.807, 2.05) is 32.0 Å². The first-order chi connectivity index (χ1) is 8.06. The summed E-state index contributed by atoms with van der Waals surface area (Å²) in [5.41, 5.74) is 0.657. The van der Waals surface area contributed by atoms with Gasteiger partial charge in [0.05, 0.1) is 11.7 Å². The molecule has 0 aliphatic heterocycles. The number of halogens is 1. The maximum absolute atomic E-state index is 11.9. The number of benzene rings is 1. The highest BCUT2D eigenvalue weighted by atomic mass is 127. The molecule has 0 saturated carbocycles. The molecule has 1 amide bonds. The Morgan fingerprint density at radius 1 is 1.47 bits per heavy atom. The second-order valence-corrected chi connectivity index (χ2v) is 5.30. The topological polar surface area (TPSA) is 49.3 Å². The second-order valence-electron chi connectivity index (χ2n) is 4.14. The molecule has 2 N–H and O–H groups in total. The van der Waals surface area contributed by atoms with Crippen LogP contribution in [-0.4, -0.2) is 23.7 Å². The first-order valence-electron chi connectivity index (χ1n) is 5.77. The molecule has 0 aliphatic rings. The Balaban J connectivity index is 2.54. The molecule has 2 atom stereocenters. The van der Waals surface area contributed by atoms with E-state index in [-0.39, 0.29) is 11.8 Å². The van der Waals surface area contributed by atoms with Crippen molar-refractivity contribution in [2.24, 2.45) is 5.92 Å². The van der Waals surface area contributed by atoms with Gasteiger partial charge in [0.15, 0.2) is 0 Å². The molecule has 0 aromatic heterocycles. The first kappa shape index (κ1) is 14.4. The normalized spacial score (nSPS) is 14.1. The van der Waals surface area contributed by atoms with Gasteiger partial charge in [-0.3, -0.25) is 4.79 Å². The molecule has 4 heteroatoms. The molecular formula is C13H18INO2. The fourth-order valence-electron chi connectivity index (χ4n) is 1.41. The summed E-state index contributed by atoms with van der Waals surface area (Å²) in [4.78, 5) is 11.9. The highest BCUT2D eigenvalue weighted by molar-refractivity contribution is 14.1. The van der Waals surface area contributed by atoms with Gasteiger partial charge in [0.1, 0.15) is 0 Å². The Bertz CT molecular complexity index is 381. The molecule has 0 fully saturated rings. The van der Waals surface area contributed by atoms with Gasteiger partial charge in [0.2, 0.25) is 0 Å². The average Bonchev–Trinajstić information content (AvgIpc) is 2.35. The lowest BCUT2D eigenvalue weighted by Gasteiger charge is -2.17. The van der Waals surface area contributed by atoms with Gasteiger partial charge in [-0.2, -0.15) is 0 Å². The average molecular weight is 347 g/mol. The zero-order valence-electron chi connectivity index (χ0n) is 10.1. The van der Waals surface area contributed by atoms with Crippen molar-refractivity contribution in [3.05, 3.63) is 33.4 Å². The van der Waals surface area contributed by atoms with Gasteiger partial charge < -0.3 is 10.4 Å². The Hall–Kier alpha value is -0.620. The van der Waals surface area contributed by atoms with E-state index in [4.69, 9.17) is 0 Å². The lowest BCUT2D eigenvalue weighted by molar-refractivity contribution is 0.0849. The van der Waals surface area contributed by atoms with Crippen molar-refractivity contribution >= 4 is 28.5 Å². The Morgan fingerprint density at radius 2 is 2.12 bits per heavy atom. The summed E-state index contributed by atoms with van der Waals surface area (Å²) in [7, 11) is 0. The van der Waals surface area contributed by atoms with Crippen LogP contribution in [0.25, 0.3) is 0 Å². The van der Waals surface area contributed by atoms with Crippen molar-refractivity contribution in [1.29, 1.82) is 0 Å². The zero-order chi connectivity index (χ0) is 12.8. The SMILES string of the molecule is CCC(C)C(O)CNC(=O)c1ccccc1I. The summed E-state index contributed by atoms with van der Waals surface area (Å²) in [6, 6.07) is 7.40. The molecule has 0 aliphatic carbocycles. The summed E-state index contributed by atoms with van der Waals surface area (Å²) in [5, 5.41) is 12.5. The van der Waals surface area contributed by atoms with Crippen LogP contribution in [0.4, 0.5) is 0 Å². The summed E-state index contributed by atoms with van der Waals surface area (Å²) in [6.45, 7) is 4.30. The molecule has 0 spiro atoms. The van der Waals surface area contributed by atoms with Crippen molar-refractivity contribution in [3.8, 4) is 0 Å². The van der Waals surface area contributed by atoms with E-state index in [2.05, 4.69) is 27.9 Å². The minimum atomic E-state index is -0.481. The van der Waals surface area contributed by atoms with Crippen molar-refractivity contribution in [1.82, 2.24) is 5.32 Å². The molecule has 1 rings (SSSR count). The Labute approximate surface area is 116 Å². The Kier molecular flexibility index (Phi) is 5.91. The van der Waals surface area contributed by atoms with E-state index in [0.717, 1.165) is 9.99 Å². The van der Waals surface area contributed by atoms with E-state index < -0.39 is 6.10 Å². The molecule has 1 aromatic rings. The smallest absolute Gasteiger partial charge is 0.252 e. The fourth-order valence-corrected chi connectivity index (χ4v) is 2.04. The molecule has 0 bridgehead atoms. The molecular weight excluding hydrogens is 329 g/mol. The molecule has 94 valence electrons. The summed E-state index contributed by atoms with van der Waals surface area (Å²) >= 11 is 2.13. The van der Waals surface area contributed by atoms with Gasteiger partial charge in [-0.15, -0.1) is 0 Å². The van der Waals surface area contributed by atoms with Crippen LogP contribution in [-0.2, 0) is 0 Å². The van der Waals surface area contributed by atoms with Crippen LogP contribution >= 0.6 is 22.6 Å². The second kappa shape index (κ2) is 6.96. The quantitative estimate of drug-likeness (QED) is 0.804. The maximum Gasteiger partial charge on any atom is 0.252 e. The number of hydrogen-bond acceptors (Lipinski definition) is 2. The highest BCUT2D eigenvalue weighted by Gasteiger charge is 2.14. The van der Waals surface area contributed by atoms with Gasteiger partial charge in [0.25, 0.3) is 5.91 Å². The lowest BCUT2D eigenvalue weighted by atomic mass is 10.0. The molecule has 0 saturated heterocycles. The largest absolute Gasteiger partial charge is 0.391 e. The first-order valence-corrected chi connectivity index (χ1v) is 6.85. The number of aliphatic hydroxyl groups excluding tert-OH is 1. The highest BCUT2D eigenvalue weighted by Crippen LogP contribution is 2.11. The van der Waals surface area contributed by atoms with Crippen molar-refractivity contribution in [2.45, 2.75) is 26.4 Å². The third-order valence-corrected chi connectivity index (χ3v) is 3.83. The third kappa shape index (κ3) is 4.27. The van der Waals surface area contributed by atoms with E-state index in [0.29, 0.717) is 12.1 Å². The molecule has 1 aromatic carbocycles. The van der Waals surface area contributed by atoms with Crippen LogP contribution in [0, 0.1) is 9.49 Å².